The molecule has 1 aliphatic carbocycles. The van der Waals surface area contributed by atoms with Crippen LogP contribution in [0.1, 0.15) is 25.7 Å². The predicted molar refractivity (Wildman–Crippen MR) is 117 cm³/mol. The molecule has 37 heavy (non-hydrogen) atoms. The van der Waals surface area contributed by atoms with Gasteiger partial charge < -0.3 is 20.9 Å². The zero-order chi connectivity index (χ0) is 26.9. The van der Waals surface area contributed by atoms with Crippen LogP contribution in [-0.4, -0.2) is 72.0 Å². The van der Waals surface area contributed by atoms with E-state index in [-0.39, 0.29) is 24.4 Å². The molecule has 3 fully saturated rings. The number of amides is 4. The lowest BCUT2D eigenvalue weighted by Gasteiger charge is -2.28. The molecular weight excluding hydrogens is 504 g/mol. The third kappa shape index (κ3) is 6.24. The molecule has 200 valence electrons. The van der Waals surface area contributed by atoms with Crippen molar-refractivity contribution >= 4 is 35.1 Å². The number of piperidine rings is 1. The van der Waals surface area contributed by atoms with Crippen molar-refractivity contribution in [3.8, 4) is 0 Å². The average Bonchev–Trinajstić information content (AvgIpc) is 3.32. The quantitative estimate of drug-likeness (QED) is 0.339. The number of Topliss-reactive ketones (excluding diaryl/α,β-unsaturated/α-hetero) is 1. The van der Waals surface area contributed by atoms with Crippen LogP contribution in [0.3, 0.4) is 0 Å². The van der Waals surface area contributed by atoms with Gasteiger partial charge >= 0.3 is 18.2 Å². The SMILES string of the molecule is O=C(Nc1ccccc1F)C(=O)N1[C@H](C(=O)N[C@@H](C[C@@H]2CCNC2=O)C(=O)COC(F)(F)F)C[C@@H]2C[C@@H]21. The molecule has 0 unspecified atom stereocenters. The lowest BCUT2D eigenvalue weighted by atomic mass is 9.95. The Labute approximate surface area is 208 Å². The van der Waals surface area contributed by atoms with Crippen LogP contribution in [0.2, 0.25) is 0 Å². The average molecular weight is 528 g/mol. The van der Waals surface area contributed by atoms with Gasteiger partial charge in [0, 0.05) is 18.5 Å². The van der Waals surface area contributed by atoms with E-state index in [0.29, 0.717) is 19.4 Å². The molecule has 2 heterocycles. The summed E-state index contributed by atoms with van der Waals surface area (Å²) in [7, 11) is 0. The standard InChI is InChI=1S/C23H24F4N4O6/c24-13-3-1-2-4-14(13)29-21(35)22(36)31-16-8-12(16)9-17(31)20(34)30-15(7-11-5-6-28-19(11)33)18(32)10-37-23(25,26)27/h1-4,11-12,15-17H,5-10H2,(H,28,33)(H,29,35)(H,30,34)/t11-,12-,15-,16-,17-/m0/s1. The second kappa shape index (κ2) is 10.4. The number of para-hydroxylation sites is 1. The lowest BCUT2D eigenvalue weighted by molar-refractivity contribution is -0.321. The minimum absolute atomic E-state index is 0.0655. The fourth-order valence-corrected chi connectivity index (χ4v) is 4.78. The highest BCUT2D eigenvalue weighted by Crippen LogP contribution is 2.48. The van der Waals surface area contributed by atoms with Gasteiger partial charge in [-0.15, -0.1) is 13.2 Å². The Morgan fingerprint density at radius 1 is 1.16 bits per heavy atom. The number of rotatable bonds is 8. The van der Waals surface area contributed by atoms with Gasteiger partial charge in [0.2, 0.25) is 11.8 Å². The number of ketones is 1. The number of fused-ring (bicyclic) bond motifs is 1. The van der Waals surface area contributed by atoms with E-state index in [2.05, 4.69) is 20.7 Å². The van der Waals surface area contributed by atoms with Gasteiger partial charge in [-0.2, -0.15) is 0 Å². The normalized spacial score (nSPS) is 25.2. The van der Waals surface area contributed by atoms with Crippen molar-refractivity contribution < 1.29 is 46.3 Å². The zero-order valence-electron chi connectivity index (χ0n) is 19.3. The van der Waals surface area contributed by atoms with E-state index in [1.54, 1.807) is 0 Å². The van der Waals surface area contributed by atoms with E-state index in [1.165, 1.54) is 18.2 Å². The van der Waals surface area contributed by atoms with Crippen molar-refractivity contribution in [2.75, 3.05) is 18.5 Å². The zero-order valence-corrected chi connectivity index (χ0v) is 19.3. The fraction of sp³-hybridized carbons (Fsp3) is 0.522. The van der Waals surface area contributed by atoms with Crippen molar-refractivity contribution in [2.45, 2.75) is 50.2 Å². The minimum atomic E-state index is -5.07. The fourth-order valence-electron chi connectivity index (χ4n) is 4.78. The summed E-state index contributed by atoms with van der Waals surface area (Å²) in [6.07, 6.45) is -4.27. The van der Waals surface area contributed by atoms with E-state index in [9.17, 15) is 41.5 Å². The molecule has 1 aromatic rings. The van der Waals surface area contributed by atoms with Gasteiger partial charge in [-0.05, 0) is 43.7 Å². The van der Waals surface area contributed by atoms with Gasteiger partial charge in [-0.3, -0.25) is 28.7 Å². The molecule has 5 atom stereocenters. The Kier molecular flexibility index (Phi) is 7.48. The number of benzene rings is 1. The lowest BCUT2D eigenvalue weighted by Crippen LogP contribution is -2.55. The third-order valence-electron chi connectivity index (χ3n) is 6.72. The van der Waals surface area contributed by atoms with Gasteiger partial charge in [0.25, 0.3) is 0 Å². The number of nitrogens with zero attached hydrogens (tertiary/aromatic N) is 1. The highest BCUT2D eigenvalue weighted by Gasteiger charge is 2.57. The molecule has 1 aromatic carbocycles. The summed E-state index contributed by atoms with van der Waals surface area (Å²) in [4.78, 5) is 64.1. The molecular formula is C23H24F4N4O6. The highest BCUT2D eigenvalue weighted by molar-refractivity contribution is 6.40. The van der Waals surface area contributed by atoms with Crippen molar-refractivity contribution in [1.29, 1.82) is 0 Å². The van der Waals surface area contributed by atoms with E-state index in [1.807, 2.05) is 0 Å². The second-order valence-electron chi connectivity index (χ2n) is 9.24. The Bertz CT molecular complexity index is 1110. The first-order valence-corrected chi connectivity index (χ1v) is 11.6. The van der Waals surface area contributed by atoms with Gasteiger partial charge in [0.05, 0.1) is 11.7 Å². The Morgan fingerprint density at radius 3 is 2.54 bits per heavy atom. The van der Waals surface area contributed by atoms with E-state index in [4.69, 9.17) is 0 Å². The van der Waals surface area contributed by atoms with Crippen molar-refractivity contribution in [2.24, 2.45) is 11.8 Å². The smallest absolute Gasteiger partial charge is 0.356 e. The van der Waals surface area contributed by atoms with Crippen LogP contribution in [0.25, 0.3) is 0 Å². The molecule has 2 saturated heterocycles. The van der Waals surface area contributed by atoms with Crippen LogP contribution in [0.15, 0.2) is 24.3 Å². The summed E-state index contributed by atoms with van der Waals surface area (Å²) in [6, 6.07) is 2.15. The molecule has 4 rings (SSSR count). The summed E-state index contributed by atoms with van der Waals surface area (Å²) in [5.41, 5.74) is -0.224. The number of carbonyl (C=O) groups is 5. The Balaban J connectivity index is 1.45. The van der Waals surface area contributed by atoms with Crippen LogP contribution in [0.5, 0.6) is 0 Å². The molecule has 1 saturated carbocycles. The van der Waals surface area contributed by atoms with Crippen molar-refractivity contribution in [1.82, 2.24) is 15.5 Å². The third-order valence-corrected chi connectivity index (χ3v) is 6.72. The number of ether oxygens (including phenoxy) is 1. The van der Waals surface area contributed by atoms with Crippen molar-refractivity contribution in [3.05, 3.63) is 30.1 Å². The molecule has 3 N–H and O–H groups in total. The molecule has 0 bridgehead atoms. The molecule has 2 aliphatic heterocycles. The maximum atomic E-state index is 13.9. The van der Waals surface area contributed by atoms with Crippen LogP contribution in [-0.2, 0) is 28.7 Å². The number of anilines is 1. The first-order chi connectivity index (χ1) is 17.4. The molecule has 4 amide bonds. The number of alkyl halides is 3. The molecule has 10 nitrogen and oxygen atoms in total. The molecule has 0 radical (unpaired) electrons. The monoisotopic (exact) mass is 528 g/mol. The van der Waals surface area contributed by atoms with Crippen LogP contribution in [0.4, 0.5) is 23.2 Å². The van der Waals surface area contributed by atoms with E-state index < -0.39 is 72.2 Å². The van der Waals surface area contributed by atoms with Crippen LogP contribution in [0, 0.1) is 17.7 Å². The van der Waals surface area contributed by atoms with Crippen LogP contribution < -0.4 is 16.0 Å². The second-order valence-corrected chi connectivity index (χ2v) is 9.24. The number of hydrogen-bond donors (Lipinski definition) is 3. The number of nitrogens with one attached hydrogen (secondary N) is 3. The highest BCUT2D eigenvalue weighted by atomic mass is 19.4. The Morgan fingerprint density at radius 2 is 1.89 bits per heavy atom. The summed E-state index contributed by atoms with van der Waals surface area (Å²) < 4.78 is 54.9. The van der Waals surface area contributed by atoms with E-state index in [0.717, 1.165) is 11.0 Å². The molecule has 3 aliphatic rings. The maximum absolute atomic E-state index is 13.9. The largest absolute Gasteiger partial charge is 0.522 e. The predicted octanol–water partition coefficient (Wildman–Crippen LogP) is 0.870. The molecule has 14 heteroatoms. The van der Waals surface area contributed by atoms with Gasteiger partial charge in [-0.25, -0.2) is 4.39 Å². The van der Waals surface area contributed by atoms with E-state index >= 15 is 0 Å². The number of carbonyl (C=O) groups excluding carboxylic acids is 5. The number of halogens is 4. The number of likely N-dealkylation sites (tertiary alicyclic amines) is 1. The van der Waals surface area contributed by atoms with Crippen molar-refractivity contribution in [3.63, 3.8) is 0 Å². The van der Waals surface area contributed by atoms with Gasteiger partial charge in [0.15, 0.2) is 5.78 Å². The van der Waals surface area contributed by atoms with Gasteiger partial charge in [0.1, 0.15) is 18.5 Å². The Hall–Kier alpha value is -3.55. The van der Waals surface area contributed by atoms with Gasteiger partial charge in [-0.1, -0.05) is 12.1 Å². The first kappa shape index (κ1) is 26.5. The summed E-state index contributed by atoms with van der Waals surface area (Å²) in [6.45, 7) is -1.05. The maximum Gasteiger partial charge on any atom is 0.522 e. The summed E-state index contributed by atoms with van der Waals surface area (Å²) >= 11 is 0. The molecule has 0 aromatic heterocycles. The summed E-state index contributed by atoms with van der Waals surface area (Å²) in [5.74, 6) is -6.11. The number of hydrogen-bond acceptors (Lipinski definition) is 6. The summed E-state index contributed by atoms with van der Waals surface area (Å²) in [5, 5.41) is 7.08. The molecule has 0 spiro atoms. The van der Waals surface area contributed by atoms with Crippen LogP contribution >= 0.6 is 0 Å². The minimum Gasteiger partial charge on any atom is -0.356 e. The topological polar surface area (TPSA) is 134 Å². The first-order valence-electron chi connectivity index (χ1n) is 11.6.